The number of sulfonamides is 1. The molecular formula is C14H20N2O5S. The fourth-order valence-corrected chi connectivity index (χ4v) is 3.47. The van der Waals surface area contributed by atoms with Crippen LogP contribution in [-0.2, 0) is 19.6 Å². The molecule has 1 aromatic rings. The molecule has 122 valence electrons. The molecule has 0 aliphatic heterocycles. The van der Waals surface area contributed by atoms with Crippen molar-refractivity contribution in [3.05, 3.63) is 29.8 Å². The average molecular weight is 328 g/mol. The number of hydrogen-bond acceptors (Lipinski definition) is 5. The quantitative estimate of drug-likeness (QED) is 0.744. The van der Waals surface area contributed by atoms with E-state index in [1.54, 1.807) is 13.8 Å². The predicted octanol–water partition coefficient (Wildman–Crippen LogP) is 0.651. The first-order chi connectivity index (χ1) is 10.1. The highest BCUT2D eigenvalue weighted by Gasteiger charge is 2.40. The molecule has 1 unspecified atom stereocenters. The van der Waals surface area contributed by atoms with E-state index < -0.39 is 27.4 Å². The van der Waals surface area contributed by atoms with Crippen LogP contribution in [0, 0.1) is 5.92 Å². The third-order valence-electron chi connectivity index (χ3n) is 3.59. The SMILES string of the molecule is COC(=O)c1ccccc1S(=O)(=O)NC(C)(C(N)=O)C(C)C. The first-order valence-electron chi connectivity index (χ1n) is 6.57. The number of amides is 1. The van der Waals surface area contributed by atoms with Crippen LogP contribution in [0.5, 0.6) is 0 Å². The van der Waals surface area contributed by atoms with E-state index in [-0.39, 0.29) is 16.4 Å². The second kappa shape index (κ2) is 6.45. The molecule has 1 amide bonds. The molecule has 0 aliphatic carbocycles. The minimum atomic E-state index is -4.15. The number of primary amides is 1. The number of ether oxygens (including phenoxy) is 1. The summed E-state index contributed by atoms with van der Waals surface area (Å²) in [6.45, 7) is 4.73. The number of benzene rings is 1. The normalized spacial score (nSPS) is 14.4. The zero-order chi connectivity index (χ0) is 17.1. The summed E-state index contributed by atoms with van der Waals surface area (Å²) in [6.07, 6.45) is 0. The van der Waals surface area contributed by atoms with E-state index in [9.17, 15) is 18.0 Å². The summed E-state index contributed by atoms with van der Waals surface area (Å²) in [5.41, 5.74) is 3.72. The molecule has 1 atom stereocenters. The van der Waals surface area contributed by atoms with E-state index in [0.29, 0.717) is 0 Å². The van der Waals surface area contributed by atoms with Crippen LogP contribution >= 0.6 is 0 Å². The fraction of sp³-hybridized carbons (Fsp3) is 0.429. The van der Waals surface area contributed by atoms with Gasteiger partial charge >= 0.3 is 5.97 Å². The summed E-state index contributed by atoms with van der Waals surface area (Å²) in [6, 6.07) is 5.58. The summed E-state index contributed by atoms with van der Waals surface area (Å²) in [5.74, 6) is -1.97. The Kier molecular flexibility index (Phi) is 5.31. The lowest BCUT2D eigenvalue weighted by Gasteiger charge is -2.31. The molecule has 0 saturated heterocycles. The van der Waals surface area contributed by atoms with Gasteiger partial charge in [-0.15, -0.1) is 0 Å². The molecule has 3 N–H and O–H groups in total. The topological polar surface area (TPSA) is 116 Å². The third kappa shape index (κ3) is 3.45. The second-order valence-electron chi connectivity index (χ2n) is 5.31. The van der Waals surface area contributed by atoms with Crippen LogP contribution in [0.4, 0.5) is 0 Å². The zero-order valence-electron chi connectivity index (χ0n) is 12.9. The number of nitrogens with two attached hydrogens (primary N) is 1. The minimum absolute atomic E-state index is 0.118. The maximum atomic E-state index is 12.6. The molecule has 1 aromatic carbocycles. The molecule has 0 radical (unpaired) electrons. The lowest BCUT2D eigenvalue weighted by molar-refractivity contribution is -0.124. The average Bonchev–Trinajstić information content (AvgIpc) is 2.45. The number of hydrogen-bond donors (Lipinski definition) is 2. The van der Waals surface area contributed by atoms with Crippen LogP contribution in [-0.4, -0.2) is 32.9 Å². The van der Waals surface area contributed by atoms with Gasteiger partial charge in [0, 0.05) is 0 Å². The summed E-state index contributed by atoms with van der Waals surface area (Å²) < 4.78 is 32.0. The van der Waals surface area contributed by atoms with Gasteiger partial charge in [0.05, 0.1) is 17.6 Å². The zero-order valence-corrected chi connectivity index (χ0v) is 13.7. The van der Waals surface area contributed by atoms with Gasteiger partial charge in [0.15, 0.2) is 0 Å². The van der Waals surface area contributed by atoms with E-state index in [0.717, 1.165) is 7.11 Å². The van der Waals surface area contributed by atoms with Crippen LogP contribution < -0.4 is 10.5 Å². The maximum absolute atomic E-state index is 12.6. The largest absolute Gasteiger partial charge is 0.465 e. The first kappa shape index (κ1) is 18.1. The Morgan fingerprint density at radius 1 is 1.27 bits per heavy atom. The first-order valence-corrected chi connectivity index (χ1v) is 8.05. The van der Waals surface area contributed by atoms with E-state index in [1.165, 1.54) is 31.2 Å². The molecule has 0 aliphatic rings. The minimum Gasteiger partial charge on any atom is -0.465 e. The Bertz CT molecular complexity index is 684. The van der Waals surface area contributed by atoms with E-state index in [1.807, 2.05) is 0 Å². The van der Waals surface area contributed by atoms with Crippen molar-refractivity contribution in [3.8, 4) is 0 Å². The van der Waals surface area contributed by atoms with Gasteiger partial charge in [0.2, 0.25) is 15.9 Å². The summed E-state index contributed by atoms with van der Waals surface area (Å²) in [4.78, 5) is 23.1. The van der Waals surface area contributed by atoms with Gasteiger partial charge in [-0.1, -0.05) is 26.0 Å². The van der Waals surface area contributed by atoms with Crippen molar-refractivity contribution in [2.24, 2.45) is 11.7 Å². The van der Waals surface area contributed by atoms with Crippen LogP contribution in [0.3, 0.4) is 0 Å². The van der Waals surface area contributed by atoms with Crippen LogP contribution in [0.15, 0.2) is 29.2 Å². The highest BCUT2D eigenvalue weighted by Crippen LogP contribution is 2.22. The van der Waals surface area contributed by atoms with Crippen molar-refractivity contribution >= 4 is 21.9 Å². The number of methoxy groups -OCH3 is 1. The predicted molar refractivity (Wildman–Crippen MR) is 80.5 cm³/mol. The summed E-state index contributed by atoms with van der Waals surface area (Å²) in [7, 11) is -2.99. The number of carbonyl (C=O) groups excluding carboxylic acids is 2. The van der Waals surface area contributed by atoms with Gasteiger partial charge in [-0.05, 0) is 25.0 Å². The molecule has 0 heterocycles. The smallest absolute Gasteiger partial charge is 0.339 e. The van der Waals surface area contributed by atoms with Crippen LogP contribution in [0.2, 0.25) is 0 Å². The monoisotopic (exact) mass is 328 g/mol. The van der Waals surface area contributed by atoms with Crippen molar-refractivity contribution in [1.82, 2.24) is 4.72 Å². The van der Waals surface area contributed by atoms with Crippen molar-refractivity contribution in [2.45, 2.75) is 31.2 Å². The maximum Gasteiger partial charge on any atom is 0.339 e. The molecule has 1 rings (SSSR count). The second-order valence-corrected chi connectivity index (χ2v) is 6.97. The molecule has 8 heteroatoms. The van der Waals surface area contributed by atoms with Gasteiger partial charge in [0.25, 0.3) is 0 Å². The Labute approximate surface area is 129 Å². The van der Waals surface area contributed by atoms with Gasteiger partial charge in [-0.2, -0.15) is 4.72 Å². The van der Waals surface area contributed by atoms with Crippen molar-refractivity contribution < 1.29 is 22.7 Å². The van der Waals surface area contributed by atoms with E-state index in [4.69, 9.17) is 5.73 Å². The van der Waals surface area contributed by atoms with Gasteiger partial charge < -0.3 is 10.5 Å². The van der Waals surface area contributed by atoms with Crippen molar-refractivity contribution in [1.29, 1.82) is 0 Å². The highest BCUT2D eigenvalue weighted by atomic mass is 32.2. The molecule has 0 saturated carbocycles. The van der Waals surface area contributed by atoms with Gasteiger partial charge in [-0.3, -0.25) is 4.79 Å². The molecule has 22 heavy (non-hydrogen) atoms. The van der Waals surface area contributed by atoms with Crippen LogP contribution in [0.25, 0.3) is 0 Å². The number of rotatable bonds is 6. The number of esters is 1. The van der Waals surface area contributed by atoms with Crippen molar-refractivity contribution in [2.75, 3.05) is 7.11 Å². The van der Waals surface area contributed by atoms with Gasteiger partial charge in [0.1, 0.15) is 5.54 Å². The molecule has 0 bridgehead atoms. The molecule has 7 nitrogen and oxygen atoms in total. The molecule has 0 spiro atoms. The van der Waals surface area contributed by atoms with Crippen molar-refractivity contribution in [3.63, 3.8) is 0 Å². The lowest BCUT2D eigenvalue weighted by atomic mass is 9.89. The summed E-state index contributed by atoms with van der Waals surface area (Å²) >= 11 is 0. The van der Waals surface area contributed by atoms with E-state index >= 15 is 0 Å². The van der Waals surface area contributed by atoms with E-state index in [2.05, 4.69) is 9.46 Å². The number of nitrogens with one attached hydrogen (secondary N) is 1. The Hall–Kier alpha value is -1.93. The summed E-state index contributed by atoms with van der Waals surface area (Å²) in [5, 5.41) is 0. The third-order valence-corrected chi connectivity index (χ3v) is 5.22. The number of carbonyl (C=O) groups is 2. The highest BCUT2D eigenvalue weighted by molar-refractivity contribution is 7.89. The molecule has 0 fully saturated rings. The Morgan fingerprint density at radius 3 is 2.27 bits per heavy atom. The Balaban J connectivity index is 3.38. The van der Waals surface area contributed by atoms with Gasteiger partial charge in [-0.25, -0.2) is 13.2 Å². The standard InChI is InChI=1S/C14H20N2O5S/c1-9(2)14(3,13(15)18)16-22(19,20)11-8-6-5-7-10(11)12(17)21-4/h5-9,16H,1-4H3,(H2,15,18). The Morgan fingerprint density at radius 2 is 1.82 bits per heavy atom. The fourth-order valence-electron chi connectivity index (χ4n) is 1.77. The lowest BCUT2D eigenvalue weighted by Crippen LogP contribution is -2.58. The molecule has 0 aromatic heterocycles. The molecular weight excluding hydrogens is 308 g/mol. The van der Waals surface area contributed by atoms with Crippen LogP contribution in [0.1, 0.15) is 31.1 Å².